The second-order valence-corrected chi connectivity index (χ2v) is 9.26. The average molecular weight is 577 g/mol. The zero-order valence-electron chi connectivity index (χ0n) is 21.6. The van der Waals surface area contributed by atoms with Gasteiger partial charge in [0.1, 0.15) is 0 Å². The van der Waals surface area contributed by atoms with Crippen molar-refractivity contribution >= 4 is 34.7 Å². The molecule has 10 nitrogen and oxygen atoms in total. The number of benzene rings is 1. The monoisotopic (exact) mass is 576 g/mol. The topological polar surface area (TPSA) is 124 Å². The molecule has 0 spiro atoms. The molecule has 4 rings (SSSR count). The molecule has 1 aromatic carbocycles. The van der Waals surface area contributed by atoms with Crippen LogP contribution in [-0.2, 0) is 23.9 Å². The fourth-order valence-electron chi connectivity index (χ4n) is 4.12. The predicted octanol–water partition coefficient (Wildman–Crippen LogP) is 4.38. The molecular weight excluding hydrogens is 549 g/mol. The van der Waals surface area contributed by atoms with Crippen LogP contribution in [0.4, 0.5) is 24.7 Å². The Morgan fingerprint density at radius 1 is 1.25 bits per heavy atom. The lowest BCUT2D eigenvalue weighted by Gasteiger charge is -2.13. The number of hydrogen-bond acceptors (Lipinski definition) is 7. The van der Waals surface area contributed by atoms with E-state index in [2.05, 4.69) is 32.3 Å². The largest absolute Gasteiger partial charge is 0.435 e. The van der Waals surface area contributed by atoms with Crippen LogP contribution in [0.15, 0.2) is 54.6 Å². The molecule has 3 heterocycles. The predicted molar refractivity (Wildman–Crippen MR) is 146 cm³/mol. The van der Waals surface area contributed by atoms with Crippen LogP contribution in [-0.4, -0.2) is 56.4 Å². The molecule has 0 unspecified atom stereocenters. The van der Waals surface area contributed by atoms with E-state index in [4.69, 9.17) is 22.1 Å². The van der Waals surface area contributed by atoms with Gasteiger partial charge in [0.25, 0.3) is 5.91 Å². The molecular formula is C26H28ClF3N8O2. The third kappa shape index (κ3) is 6.61. The van der Waals surface area contributed by atoms with Crippen molar-refractivity contribution in [2.75, 3.05) is 31.6 Å². The number of rotatable bonds is 12. The number of carbonyl (C=O) groups is 1. The van der Waals surface area contributed by atoms with E-state index in [9.17, 15) is 18.0 Å². The first-order valence-electron chi connectivity index (χ1n) is 12.4. The minimum Gasteiger partial charge on any atom is -0.378 e. The van der Waals surface area contributed by atoms with E-state index in [1.807, 2.05) is 13.0 Å². The third-order valence-corrected chi connectivity index (χ3v) is 5.97. The summed E-state index contributed by atoms with van der Waals surface area (Å²) in [5, 5.41) is 9.81. The van der Waals surface area contributed by atoms with Gasteiger partial charge in [0, 0.05) is 48.0 Å². The normalized spacial score (nSPS) is 11.7. The molecule has 0 saturated carbocycles. The van der Waals surface area contributed by atoms with Crippen LogP contribution in [0.1, 0.15) is 28.5 Å². The van der Waals surface area contributed by atoms with Gasteiger partial charge in [-0.25, -0.2) is 9.97 Å². The number of nitrogens with one attached hydrogen (secondary N) is 2. The number of hydrogen-bond donors (Lipinski definition) is 3. The summed E-state index contributed by atoms with van der Waals surface area (Å²) in [4.78, 5) is 21.3. The highest BCUT2D eigenvalue weighted by atomic mass is 35.5. The Morgan fingerprint density at radius 2 is 2.05 bits per heavy atom. The standard InChI is InChI=1S/C26H28ClF3N8O2/c1-3-17-12-18(4-5-19(17)25(39)33-8-11-40-10-6-31)35-23-24-34-13-21(38(24)9-7-32-23)20-15-37(14-16(2)27)36-22(20)26(28,29)30/h4-5,7,9,12-13,15H,2-3,6,8,10-11,14,31H2,1H3,(H,32,35)(H,33,39). The Kier molecular flexibility index (Phi) is 9.07. The van der Waals surface area contributed by atoms with Crippen molar-refractivity contribution in [2.45, 2.75) is 26.1 Å². The summed E-state index contributed by atoms with van der Waals surface area (Å²) in [6.07, 6.45) is 1.45. The molecule has 0 aliphatic carbocycles. The van der Waals surface area contributed by atoms with Gasteiger partial charge in [-0.2, -0.15) is 18.3 Å². The molecule has 0 radical (unpaired) electrons. The van der Waals surface area contributed by atoms with Gasteiger partial charge < -0.3 is 21.1 Å². The number of nitrogens with two attached hydrogens (primary N) is 1. The molecule has 4 aromatic rings. The molecule has 40 heavy (non-hydrogen) atoms. The van der Waals surface area contributed by atoms with Crippen molar-refractivity contribution in [1.82, 2.24) is 29.5 Å². The zero-order valence-corrected chi connectivity index (χ0v) is 22.4. The van der Waals surface area contributed by atoms with Crippen molar-refractivity contribution in [1.29, 1.82) is 0 Å². The number of halogens is 4. The van der Waals surface area contributed by atoms with Crippen LogP contribution < -0.4 is 16.4 Å². The third-order valence-electron chi connectivity index (χ3n) is 5.86. The van der Waals surface area contributed by atoms with Gasteiger partial charge in [-0.1, -0.05) is 25.1 Å². The SMILES string of the molecule is C=C(Cl)Cn1cc(-c2cnc3c(Nc4ccc(C(=O)NCCOCCN)c(CC)c4)nccn23)c(C(F)(F)F)n1. The maximum atomic E-state index is 13.8. The lowest BCUT2D eigenvalue weighted by Crippen LogP contribution is -2.28. The Bertz CT molecular complexity index is 1520. The van der Waals surface area contributed by atoms with E-state index in [1.165, 1.54) is 29.2 Å². The van der Waals surface area contributed by atoms with Crippen molar-refractivity contribution in [3.8, 4) is 11.3 Å². The number of nitrogens with zero attached hydrogens (tertiary/aromatic N) is 5. The molecule has 0 bridgehead atoms. The van der Waals surface area contributed by atoms with Gasteiger partial charge in [0.15, 0.2) is 17.2 Å². The molecule has 0 saturated heterocycles. The molecule has 212 valence electrons. The number of ether oxygens (including phenoxy) is 1. The lowest BCUT2D eigenvalue weighted by molar-refractivity contribution is -0.141. The molecule has 0 atom stereocenters. The Morgan fingerprint density at radius 3 is 2.75 bits per heavy atom. The Labute approximate surface area is 233 Å². The highest BCUT2D eigenvalue weighted by Gasteiger charge is 2.38. The fourth-order valence-corrected chi connectivity index (χ4v) is 4.24. The number of fused-ring (bicyclic) bond motifs is 1. The number of amides is 1. The Hall–Kier alpha value is -3.94. The smallest absolute Gasteiger partial charge is 0.378 e. The van der Waals surface area contributed by atoms with E-state index in [0.29, 0.717) is 55.4 Å². The average Bonchev–Trinajstić information content (AvgIpc) is 3.52. The molecule has 1 amide bonds. The van der Waals surface area contributed by atoms with E-state index in [-0.39, 0.29) is 28.7 Å². The van der Waals surface area contributed by atoms with Crippen molar-refractivity contribution in [3.63, 3.8) is 0 Å². The number of imidazole rings is 1. The van der Waals surface area contributed by atoms with E-state index in [1.54, 1.807) is 12.1 Å². The summed E-state index contributed by atoms with van der Waals surface area (Å²) in [5.74, 6) is 0.0942. The molecule has 14 heteroatoms. The van der Waals surface area contributed by atoms with Crippen molar-refractivity contribution in [2.24, 2.45) is 5.73 Å². The lowest BCUT2D eigenvalue weighted by atomic mass is 10.0. The zero-order chi connectivity index (χ0) is 28.9. The fraction of sp³-hybridized carbons (Fsp3) is 0.308. The van der Waals surface area contributed by atoms with Crippen LogP contribution in [0, 0.1) is 0 Å². The van der Waals surface area contributed by atoms with Gasteiger partial charge in [-0.05, 0) is 30.2 Å². The summed E-state index contributed by atoms with van der Waals surface area (Å²) in [6, 6.07) is 5.24. The van der Waals surface area contributed by atoms with Gasteiger partial charge >= 0.3 is 6.18 Å². The van der Waals surface area contributed by atoms with Gasteiger partial charge in [-0.3, -0.25) is 13.9 Å². The van der Waals surface area contributed by atoms with E-state index < -0.39 is 11.9 Å². The highest BCUT2D eigenvalue weighted by Crippen LogP contribution is 2.37. The molecule has 0 fully saturated rings. The van der Waals surface area contributed by atoms with Crippen LogP contribution in [0.2, 0.25) is 0 Å². The maximum Gasteiger partial charge on any atom is 0.435 e. The van der Waals surface area contributed by atoms with E-state index >= 15 is 0 Å². The van der Waals surface area contributed by atoms with Crippen molar-refractivity contribution < 1.29 is 22.7 Å². The maximum absolute atomic E-state index is 13.8. The van der Waals surface area contributed by atoms with E-state index in [0.717, 1.165) is 10.2 Å². The minimum absolute atomic E-state index is 0.0778. The summed E-state index contributed by atoms with van der Waals surface area (Å²) < 4.78 is 49.3. The van der Waals surface area contributed by atoms with Crippen molar-refractivity contribution in [3.05, 3.63) is 71.4 Å². The summed E-state index contributed by atoms with van der Waals surface area (Å²) in [7, 11) is 0. The number of anilines is 2. The highest BCUT2D eigenvalue weighted by molar-refractivity contribution is 6.29. The molecule has 0 aliphatic rings. The van der Waals surface area contributed by atoms with Crippen LogP contribution >= 0.6 is 11.6 Å². The second-order valence-electron chi connectivity index (χ2n) is 8.72. The van der Waals surface area contributed by atoms with Crippen LogP contribution in [0.25, 0.3) is 16.9 Å². The first-order chi connectivity index (χ1) is 19.1. The minimum atomic E-state index is -4.70. The second kappa shape index (κ2) is 12.5. The molecule has 4 N–H and O–H groups in total. The number of allylic oxidation sites excluding steroid dienone is 1. The first kappa shape index (κ1) is 29.1. The quantitative estimate of drug-likeness (QED) is 0.214. The number of alkyl halides is 3. The summed E-state index contributed by atoms with van der Waals surface area (Å²) in [5.41, 5.74) is 6.60. The van der Waals surface area contributed by atoms with Crippen LogP contribution in [0.5, 0.6) is 0 Å². The molecule has 3 aromatic heterocycles. The summed E-state index contributed by atoms with van der Waals surface area (Å²) >= 11 is 5.79. The van der Waals surface area contributed by atoms with Crippen LogP contribution in [0.3, 0.4) is 0 Å². The van der Waals surface area contributed by atoms with Gasteiger partial charge in [-0.15, -0.1) is 0 Å². The summed E-state index contributed by atoms with van der Waals surface area (Å²) in [6.45, 7) is 6.92. The van der Waals surface area contributed by atoms with Gasteiger partial charge in [0.2, 0.25) is 0 Å². The number of aromatic nitrogens is 5. The Balaban J connectivity index is 1.61. The number of aryl methyl sites for hydroxylation is 1. The molecule has 0 aliphatic heterocycles. The van der Waals surface area contributed by atoms with Gasteiger partial charge in [0.05, 0.1) is 37.2 Å². The first-order valence-corrected chi connectivity index (χ1v) is 12.8. The number of carbonyl (C=O) groups excluding carboxylic acids is 1.